The van der Waals surface area contributed by atoms with Crippen LogP contribution in [0.5, 0.6) is 5.75 Å². The van der Waals surface area contributed by atoms with Crippen LogP contribution in [-0.4, -0.2) is 63.8 Å². The van der Waals surface area contributed by atoms with Crippen LogP contribution in [0.15, 0.2) is 24.3 Å². The fourth-order valence-corrected chi connectivity index (χ4v) is 2.46. The Morgan fingerprint density at radius 1 is 1.07 bits per heavy atom. The molecule has 0 aliphatic rings. The Labute approximate surface area is 173 Å². The van der Waals surface area contributed by atoms with E-state index in [1.165, 1.54) is 13.2 Å². The second-order valence-corrected chi connectivity index (χ2v) is 7.91. The molecule has 8 nitrogen and oxygen atoms in total. The lowest BCUT2D eigenvalue weighted by Gasteiger charge is -2.26. The van der Waals surface area contributed by atoms with E-state index in [4.69, 9.17) is 9.47 Å². The van der Waals surface area contributed by atoms with E-state index in [0.717, 1.165) is 18.8 Å². The molecule has 162 valence electrons. The molecule has 0 aromatic heterocycles. The predicted molar refractivity (Wildman–Crippen MR) is 118 cm³/mol. The first-order chi connectivity index (χ1) is 13.5. The molecule has 1 aromatic carbocycles. The lowest BCUT2D eigenvalue weighted by Crippen LogP contribution is -2.29. The number of hydrogen-bond donors (Lipinski definition) is 2. The minimum Gasteiger partial charge on any atom is -0.494 e. The monoisotopic (exact) mass is 406 g/mol. The van der Waals surface area contributed by atoms with Gasteiger partial charge < -0.3 is 24.6 Å². The Balaban J connectivity index is 3.29. The number of carbonyl (C=O) groups is 2. The summed E-state index contributed by atoms with van der Waals surface area (Å²) in [4.78, 5) is 28.5. The summed E-state index contributed by atoms with van der Waals surface area (Å²) < 4.78 is 10.8. The molecule has 0 fully saturated rings. The van der Waals surface area contributed by atoms with Crippen molar-refractivity contribution in [3.8, 4) is 5.75 Å². The summed E-state index contributed by atoms with van der Waals surface area (Å²) in [5.41, 5.74) is 1.10. The summed E-state index contributed by atoms with van der Waals surface area (Å²) in [6, 6.07) is 3.46. The van der Waals surface area contributed by atoms with Gasteiger partial charge in [-0.2, -0.15) is 0 Å². The summed E-state index contributed by atoms with van der Waals surface area (Å²) in [6.45, 7) is 8.70. The third kappa shape index (κ3) is 8.43. The van der Waals surface area contributed by atoms with Gasteiger partial charge in [0.05, 0.1) is 24.2 Å². The second kappa shape index (κ2) is 10.7. The average molecular weight is 407 g/mol. The zero-order chi connectivity index (χ0) is 22.2. The smallest absolute Gasteiger partial charge is 0.412 e. The van der Waals surface area contributed by atoms with Gasteiger partial charge in [-0.3, -0.25) is 10.1 Å². The summed E-state index contributed by atoms with van der Waals surface area (Å²) >= 11 is 0. The molecule has 0 radical (unpaired) electrons. The number of carbonyl (C=O) groups excluding carboxylic acids is 2. The van der Waals surface area contributed by atoms with E-state index in [0.29, 0.717) is 17.1 Å². The molecule has 0 bridgehead atoms. The van der Waals surface area contributed by atoms with E-state index in [1.54, 1.807) is 45.9 Å². The highest BCUT2D eigenvalue weighted by molar-refractivity contribution is 6.03. The topological polar surface area (TPSA) is 83.1 Å². The number of hydrogen-bond acceptors (Lipinski definition) is 6. The lowest BCUT2D eigenvalue weighted by molar-refractivity contribution is -0.111. The fraction of sp³-hybridized carbons (Fsp3) is 0.524. The van der Waals surface area contributed by atoms with Gasteiger partial charge >= 0.3 is 6.09 Å². The molecule has 0 atom stereocenters. The number of allylic oxidation sites excluding steroid dienone is 1. The highest BCUT2D eigenvalue weighted by Gasteiger charge is 2.20. The zero-order valence-corrected chi connectivity index (χ0v) is 18.8. The molecule has 0 saturated heterocycles. The van der Waals surface area contributed by atoms with Crippen molar-refractivity contribution in [2.45, 2.75) is 33.3 Å². The fourth-order valence-electron chi connectivity index (χ4n) is 2.46. The maximum atomic E-state index is 12.2. The molecule has 0 spiro atoms. The number of likely N-dealkylation sites (N-methyl/N-ethyl adjacent to an activating group) is 2. The molecule has 1 aromatic rings. The summed E-state index contributed by atoms with van der Waals surface area (Å²) in [6.07, 6.45) is 2.50. The summed E-state index contributed by atoms with van der Waals surface area (Å²) in [7, 11) is 7.45. The first-order valence-corrected chi connectivity index (χ1v) is 9.48. The molecule has 0 saturated carbocycles. The van der Waals surface area contributed by atoms with E-state index >= 15 is 0 Å². The van der Waals surface area contributed by atoms with Gasteiger partial charge in [-0.15, -0.1) is 0 Å². The van der Waals surface area contributed by atoms with Crippen LogP contribution in [0.4, 0.5) is 21.9 Å². The molecule has 0 heterocycles. The normalized spacial score (nSPS) is 11.5. The largest absolute Gasteiger partial charge is 0.494 e. The Bertz CT molecular complexity index is 739. The van der Waals surface area contributed by atoms with Crippen LogP contribution in [0, 0.1) is 0 Å². The molecule has 2 amide bonds. The van der Waals surface area contributed by atoms with E-state index in [-0.39, 0.29) is 5.91 Å². The Hall–Kier alpha value is -2.74. The number of anilines is 3. The van der Waals surface area contributed by atoms with Gasteiger partial charge in [0.1, 0.15) is 11.4 Å². The zero-order valence-electron chi connectivity index (χ0n) is 18.8. The molecule has 8 heteroatoms. The quantitative estimate of drug-likeness (QED) is 0.643. The van der Waals surface area contributed by atoms with E-state index in [9.17, 15) is 9.59 Å². The Morgan fingerprint density at radius 2 is 1.72 bits per heavy atom. The standard InChI is InChI=1S/C21H34N4O4/c1-9-10-19(26)22-15-13-16(23-20(27)29-21(2,3)4)18(28-8)14-17(15)25(7)12-11-24(5)6/h9-10,13-14H,11-12H2,1-8H3,(H,22,26)(H,23,27)/b10-9+. The number of ether oxygens (including phenoxy) is 2. The molecule has 0 aliphatic heterocycles. The van der Waals surface area contributed by atoms with Gasteiger partial charge in [0.15, 0.2) is 0 Å². The first-order valence-electron chi connectivity index (χ1n) is 9.48. The van der Waals surface area contributed by atoms with Gasteiger partial charge in [0, 0.05) is 26.2 Å². The maximum absolute atomic E-state index is 12.2. The van der Waals surface area contributed by atoms with Crippen LogP contribution in [0.1, 0.15) is 27.7 Å². The van der Waals surface area contributed by atoms with Gasteiger partial charge in [-0.05, 0) is 53.9 Å². The Morgan fingerprint density at radius 3 is 2.24 bits per heavy atom. The van der Waals surface area contributed by atoms with Crippen LogP contribution in [0.3, 0.4) is 0 Å². The molecule has 0 aliphatic carbocycles. The maximum Gasteiger partial charge on any atom is 0.412 e. The minimum atomic E-state index is -0.632. The van der Waals surface area contributed by atoms with Crippen molar-refractivity contribution in [1.29, 1.82) is 0 Å². The number of nitrogens with one attached hydrogen (secondary N) is 2. The van der Waals surface area contributed by atoms with Gasteiger partial charge in [-0.25, -0.2) is 4.79 Å². The van der Waals surface area contributed by atoms with Crippen molar-refractivity contribution in [2.75, 3.05) is 56.9 Å². The molecule has 2 N–H and O–H groups in total. The summed E-state index contributed by atoms with van der Waals surface area (Å²) in [5, 5.41) is 5.56. The van der Waals surface area contributed by atoms with Crippen molar-refractivity contribution in [3.05, 3.63) is 24.3 Å². The summed E-state index contributed by atoms with van der Waals surface area (Å²) in [5.74, 6) is 0.203. The molecule has 0 unspecified atom stereocenters. The van der Waals surface area contributed by atoms with Crippen molar-refractivity contribution < 1.29 is 19.1 Å². The number of rotatable bonds is 8. The first kappa shape index (κ1) is 24.3. The minimum absolute atomic E-state index is 0.261. The highest BCUT2D eigenvalue weighted by Crippen LogP contribution is 2.37. The van der Waals surface area contributed by atoms with E-state index < -0.39 is 11.7 Å². The van der Waals surface area contributed by atoms with Gasteiger partial charge in [-0.1, -0.05) is 6.08 Å². The van der Waals surface area contributed by atoms with Crippen LogP contribution >= 0.6 is 0 Å². The molecule has 1 rings (SSSR count). The second-order valence-electron chi connectivity index (χ2n) is 7.91. The number of nitrogens with zero attached hydrogens (tertiary/aromatic N) is 2. The van der Waals surface area contributed by atoms with Crippen molar-refractivity contribution in [1.82, 2.24) is 4.90 Å². The predicted octanol–water partition coefficient (Wildman–Crippen LogP) is 3.55. The molecule has 29 heavy (non-hydrogen) atoms. The van der Waals surface area contributed by atoms with Crippen LogP contribution in [0.25, 0.3) is 0 Å². The SMILES string of the molecule is C/C=C/C(=O)Nc1cc(NC(=O)OC(C)(C)C)c(OC)cc1N(C)CCN(C)C. The van der Waals surface area contributed by atoms with Crippen molar-refractivity contribution in [2.24, 2.45) is 0 Å². The van der Waals surface area contributed by atoms with E-state index in [1.807, 2.05) is 26.0 Å². The average Bonchev–Trinajstić information content (AvgIpc) is 2.58. The molecular formula is C21H34N4O4. The third-order valence-corrected chi connectivity index (χ3v) is 3.82. The van der Waals surface area contributed by atoms with Gasteiger partial charge in [0.25, 0.3) is 0 Å². The highest BCUT2D eigenvalue weighted by atomic mass is 16.6. The number of amides is 2. The van der Waals surface area contributed by atoms with Crippen molar-refractivity contribution >= 4 is 29.1 Å². The number of benzene rings is 1. The number of methoxy groups -OCH3 is 1. The van der Waals surface area contributed by atoms with Gasteiger partial charge in [0.2, 0.25) is 5.91 Å². The van der Waals surface area contributed by atoms with E-state index in [2.05, 4.69) is 15.5 Å². The lowest BCUT2D eigenvalue weighted by atomic mass is 10.2. The van der Waals surface area contributed by atoms with Crippen LogP contribution in [0.2, 0.25) is 0 Å². The third-order valence-electron chi connectivity index (χ3n) is 3.82. The van der Waals surface area contributed by atoms with Crippen LogP contribution < -0.4 is 20.3 Å². The van der Waals surface area contributed by atoms with Crippen molar-refractivity contribution in [3.63, 3.8) is 0 Å². The van der Waals surface area contributed by atoms with Crippen LogP contribution in [-0.2, 0) is 9.53 Å². The Kier molecular flexibility index (Phi) is 8.97. The molecular weight excluding hydrogens is 372 g/mol.